The van der Waals surface area contributed by atoms with Crippen LogP contribution in [0.4, 0.5) is 5.69 Å². The van der Waals surface area contributed by atoms with E-state index in [1.165, 1.54) is 0 Å². The van der Waals surface area contributed by atoms with Gasteiger partial charge in [0.15, 0.2) is 0 Å². The standard InChI is InChI=1S/C14H11NO/c15-12-7-5-10(6-8-12)14-9-11-3-1-2-4-13(11)16-14/h1-9H,15H2. The van der Waals surface area contributed by atoms with E-state index in [1.54, 1.807) is 0 Å². The lowest BCUT2D eigenvalue weighted by atomic mass is 10.1. The maximum absolute atomic E-state index is 5.75. The molecule has 2 heteroatoms. The molecular weight excluding hydrogens is 198 g/mol. The van der Waals surface area contributed by atoms with Crippen LogP contribution in [0.2, 0.25) is 0 Å². The number of para-hydroxylation sites is 1. The van der Waals surface area contributed by atoms with E-state index in [0.717, 1.165) is 28.0 Å². The summed E-state index contributed by atoms with van der Waals surface area (Å²) < 4.78 is 5.75. The van der Waals surface area contributed by atoms with Gasteiger partial charge in [0.2, 0.25) is 0 Å². The van der Waals surface area contributed by atoms with Gasteiger partial charge in [0.05, 0.1) is 0 Å². The lowest BCUT2D eigenvalue weighted by Gasteiger charge is -1.96. The van der Waals surface area contributed by atoms with E-state index in [9.17, 15) is 0 Å². The Bertz CT molecular complexity index is 590. The van der Waals surface area contributed by atoms with E-state index in [4.69, 9.17) is 10.2 Å². The van der Waals surface area contributed by atoms with E-state index in [-0.39, 0.29) is 0 Å². The molecule has 1 heterocycles. The number of nitrogens with two attached hydrogens (primary N) is 1. The van der Waals surface area contributed by atoms with Crippen molar-refractivity contribution in [3.8, 4) is 11.3 Å². The van der Waals surface area contributed by atoms with Crippen molar-refractivity contribution in [2.45, 2.75) is 0 Å². The molecule has 0 bridgehead atoms. The first-order chi connectivity index (χ1) is 7.83. The van der Waals surface area contributed by atoms with Crippen LogP contribution in [0, 0.1) is 0 Å². The van der Waals surface area contributed by atoms with E-state index in [2.05, 4.69) is 0 Å². The predicted octanol–water partition coefficient (Wildman–Crippen LogP) is 3.68. The molecule has 0 aliphatic heterocycles. The van der Waals surface area contributed by atoms with Crippen molar-refractivity contribution in [2.24, 2.45) is 0 Å². The van der Waals surface area contributed by atoms with Crippen LogP contribution in [0.3, 0.4) is 0 Å². The fourth-order valence-corrected chi connectivity index (χ4v) is 1.77. The topological polar surface area (TPSA) is 39.2 Å². The van der Waals surface area contributed by atoms with Gasteiger partial charge in [-0.05, 0) is 36.4 Å². The molecule has 0 atom stereocenters. The third kappa shape index (κ3) is 1.44. The Kier molecular flexibility index (Phi) is 1.93. The van der Waals surface area contributed by atoms with Crippen molar-refractivity contribution in [1.29, 1.82) is 0 Å². The molecule has 0 saturated carbocycles. The molecular formula is C14H11NO. The van der Waals surface area contributed by atoms with Crippen molar-refractivity contribution < 1.29 is 4.42 Å². The summed E-state index contributed by atoms with van der Waals surface area (Å²) in [6.45, 7) is 0. The van der Waals surface area contributed by atoms with Crippen LogP contribution >= 0.6 is 0 Å². The van der Waals surface area contributed by atoms with Gasteiger partial charge in [0.25, 0.3) is 0 Å². The van der Waals surface area contributed by atoms with E-state index < -0.39 is 0 Å². The Labute approximate surface area is 93.3 Å². The van der Waals surface area contributed by atoms with Gasteiger partial charge in [-0.15, -0.1) is 0 Å². The van der Waals surface area contributed by atoms with E-state index in [1.807, 2.05) is 54.6 Å². The molecule has 16 heavy (non-hydrogen) atoms. The second-order valence-corrected chi connectivity index (χ2v) is 3.77. The number of hydrogen-bond acceptors (Lipinski definition) is 2. The Morgan fingerprint density at radius 1 is 0.875 bits per heavy atom. The van der Waals surface area contributed by atoms with Gasteiger partial charge in [-0.25, -0.2) is 0 Å². The van der Waals surface area contributed by atoms with Gasteiger partial charge >= 0.3 is 0 Å². The molecule has 0 fully saturated rings. The SMILES string of the molecule is Nc1ccc(-c2cc3ccccc3o2)cc1. The van der Waals surface area contributed by atoms with Gasteiger partial charge in [-0.2, -0.15) is 0 Å². The van der Waals surface area contributed by atoms with Crippen LogP contribution in [-0.4, -0.2) is 0 Å². The molecule has 2 aromatic carbocycles. The zero-order valence-electron chi connectivity index (χ0n) is 8.68. The summed E-state index contributed by atoms with van der Waals surface area (Å²) in [7, 11) is 0. The summed E-state index contributed by atoms with van der Waals surface area (Å²) >= 11 is 0. The van der Waals surface area contributed by atoms with Gasteiger partial charge in [-0.3, -0.25) is 0 Å². The highest BCUT2D eigenvalue weighted by Crippen LogP contribution is 2.27. The van der Waals surface area contributed by atoms with Crippen molar-refractivity contribution in [3.05, 3.63) is 54.6 Å². The predicted molar refractivity (Wildman–Crippen MR) is 66.1 cm³/mol. The lowest BCUT2D eigenvalue weighted by molar-refractivity contribution is 0.631. The first-order valence-electron chi connectivity index (χ1n) is 5.17. The molecule has 3 aromatic rings. The summed E-state index contributed by atoms with van der Waals surface area (Å²) in [5.41, 5.74) is 8.37. The molecule has 0 unspecified atom stereocenters. The first-order valence-corrected chi connectivity index (χ1v) is 5.17. The smallest absolute Gasteiger partial charge is 0.135 e. The summed E-state index contributed by atoms with van der Waals surface area (Å²) in [6.07, 6.45) is 0. The van der Waals surface area contributed by atoms with Gasteiger partial charge in [0, 0.05) is 16.6 Å². The molecule has 78 valence electrons. The maximum atomic E-state index is 5.75. The van der Waals surface area contributed by atoms with Crippen LogP contribution in [0.25, 0.3) is 22.3 Å². The zero-order valence-corrected chi connectivity index (χ0v) is 8.68. The fourth-order valence-electron chi connectivity index (χ4n) is 1.77. The summed E-state index contributed by atoms with van der Waals surface area (Å²) in [4.78, 5) is 0. The van der Waals surface area contributed by atoms with E-state index >= 15 is 0 Å². The fraction of sp³-hybridized carbons (Fsp3) is 0. The number of nitrogen functional groups attached to an aromatic ring is 1. The second-order valence-electron chi connectivity index (χ2n) is 3.77. The molecule has 0 aliphatic carbocycles. The molecule has 0 amide bonds. The quantitative estimate of drug-likeness (QED) is 0.621. The first kappa shape index (κ1) is 9.04. The minimum atomic E-state index is 0.764. The Morgan fingerprint density at radius 3 is 2.38 bits per heavy atom. The summed E-state index contributed by atoms with van der Waals surface area (Å²) in [5, 5.41) is 1.12. The Hall–Kier alpha value is -2.22. The number of benzene rings is 2. The molecule has 0 spiro atoms. The number of furan rings is 1. The van der Waals surface area contributed by atoms with Crippen molar-refractivity contribution in [1.82, 2.24) is 0 Å². The van der Waals surface area contributed by atoms with Crippen LogP contribution in [0.15, 0.2) is 59.0 Å². The number of rotatable bonds is 1. The van der Waals surface area contributed by atoms with Crippen LogP contribution in [0.1, 0.15) is 0 Å². The largest absolute Gasteiger partial charge is 0.456 e. The van der Waals surface area contributed by atoms with Crippen LogP contribution in [-0.2, 0) is 0 Å². The molecule has 0 aliphatic rings. The summed E-state index contributed by atoms with van der Waals surface area (Å²) in [6, 6.07) is 17.7. The molecule has 0 radical (unpaired) electrons. The van der Waals surface area contributed by atoms with Crippen LogP contribution < -0.4 is 5.73 Å². The van der Waals surface area contributed by atoms with Gasteiger partial charge in [0.1, 0.15) is 11.3 Å². The number of anilines is 1. The molecule has 0 saturated heterocycles. The minimum Gasteiger partial charge on any atom is -0.456 e. The molecule has 1 aromatic heterocycles. The van der Waals surface area contributed by atoms with Gasteiger partial charge in [-0.1, -0.05) is 18.2 Å². The molecule has 2 N–H and O–H groups in total. The van der Waals surface area contributed by atoms with E-state index in [0.29, 0.717) is 0 Å². The highest BCUT2D eigenvalue weighted by atomic mass is 16.3. The Balaban J connectivity index is 2.15. The number of fused-ring (bicyclic) bond motifs is 1. The van der Waals surface area contributed by atoms with Gasteiger partial charge < -0.3 is 10.2 Å². The third-order valence-electron chi connectivity index (χ3n) is 2.62. The molecule has 2 nitrogen and oxygen atoms in total. The third-order valence-corrected chi connectivity index (χ3v) is 2.62. The molecule has 3 rings (SSSR count). The van der Waals surface area contributed by atoms with Crippen molar-refractivity contribution >= 4 is 16.7 Å². The lowest BCUT2D eigenvalue weighted by Crippen LogP contribution is -1.82. The number of hydrogen-bond donors (Lipinski definition) is 1. The van der Waals surface area contributed by atoms with Crippen molar-refractivity contribution in [3.63, 3.8) is 0 Å². The zero-order chi connectivity index (χ0) is 11.0. The average molecular weight is 209 g/mol. The summed E-state index contributed by atoms with van der Waals surface area (Å²) in [5.74, 6) is 0.876. The highest BCUT2D eigenvalue weighted by Gasteiger charge is 2.04. The van der Waals surface area contributed by atoms with Crippen LogP contribution in [0.5, 0.6) is 0 Å². The normalized spacial score (nSPS) is 10.8. The maximum Gasteiger partial charge on any atom is 0.135 e. The highest BCUT2D eigenvalue weighted by molar-refractivity contribution is 5.82. The van der Waals surface area contributed by atoms with Crippen molar-refractivity contribution in [2.75, 3.05) is 5.73 Å². The second kappa shape index (κ2) is 3.42. The minimum absolute atomic E-state index is 0.764. The monoisotopic (exact) mass is 209 g/mol. The average Bonchev–Trinajstić information content (AvgIpc) is 2.73. The Morgan fingerprint density at radius 2 is 1.62 bits per heavy atom.